The van der Waals surface area contributed by atoms with Crippen molar-refractivity contribution in [3.05, 3.63) is 29.8 Å². The average Bonchev–Trinajstić information content (AvgIpc) is 2.17. The van der Waals surface area contributed by atoms with Gasteiger partial charge in [0.2, 0.25) is 0 Å². The molecule has 0 aromatic carbocycles. The molecule has 0 aliphatic carbocycles. The molecule has 1 unspecified atom stereocenters. The zero-order chi connectivity index (χ0) is 11.3. The van der Waals surface area contributed by atoms with Crippen molar-refractivity contribution >= 4 is 0 Å². The van der Waals surface area contributed by atoms with E-state index in [1.807, 2.05) is 0 Å². The lowest BCUT2D eigenvalue weighted by Gasteiger charge is -2.15. The summed E-state index contributed by atoms with van der Waals surface area (Å²) >= 11 is 0. The van der Waals surface area contributed by atoms with Crippen LogP contribution in [0.5, 0.6) is 0 Å². The van der Waals surface area contributed by atoms with Crippen LogP contribution in [-0.4, -0.2) is 11.5 Å². The first-order valence-electron chi connectivity index (χ1n) is 5.39. The molecule has 0 amide bonds. The van der Waals surface area contributed by atoms with Gasteiger partial charge in [-0.05, 0) is 30.0 Å². The lowest BCUT2D eigenvalue weighted by molar-refractivity contribution is 0.392. The van der Waals surface area contributed by atoms with Crippen LogP contribution in [0.15, 0.2) is 18.5 Å². The summed E-state index contributed by atoms with van der Waals surface area (Å²) in [5.41, 5.74) is 0.894. The number of aromatic nitrogens is 1. The minimum atomic E-state index is -0.272. The van der Waals surface area contributed by atoms with Crippen LogP contribution in [0, 0.1) is 17.7 Å². The van der Waals surface area contributed by atoms with E-state index >= 15 is 0 Å². The van der Waals surface area contributed by atoms with E-state index < -0.39 is 0 Å². The molecule has 1 aromatic rings. The Balaban J connectivity index is 2.32. The zero-order valence-electron chi connectivity index (χ0n) is 9.63. The number of nitrogens with one attached hydrogen (secondary N) is 1. The van der Waals surface area contributed by atoms with E-state index in [2.05, 4.69) is 31.1 Å². The van der Waals surface area contributed by atoms with Gasteiger partial charge in [0.1, 0.15) is 5.82 Å². The molecule has 1 rings (SSSR count). The molecule has 1 aromatic heterocycles. The van der Waals surface area contributed by atoms with E-state index in [0.29, 0.717) is 18.4 Å². The number of pyridine rings is 1. The molecule has 0 saturated carbocycles. The van der Waals surface area contributed by atoms with Gasteiger partial charge in [-0.15, -0.1) is 0 Å². The van der Waals surface area contributed by atoms with Gasteiger partial charge in [0, 0.05) is 12.7 Å². The summed E-state index contributed by atoms with van der Waals surface area (Å²) in [4.78, 5) is 3.80. The van der Waals surface area contributed by atoms with Gasteiger partial charge in [-0.2, -0.15) is 0 Å². The second kappa shape index (κ2) is 5.81. The van der Waals surface area contributed by atoms with Crippen molar-refractivity contribution in [1.82, 2.24) is 10.3 Å². The molecule has 1 heterocycles. The summed E-state index contributed by atoms with van der Waals surface area (Å²) in [7, 11) is 0. The number of hydrogen-bond donors (Lipinski definition) is 1. The highest BCUT2D eigenvalue weighted by Crippen LogP contribution is 2.08. The smallest absolute Gasteiger partial charge is 0.141 e. The maximum atomic E-state index is 12.8. The second-order valence-electron chi connectivity index (χ2n) is 4.36. The van der Waals surface area contributed by atoms with Gasteiger partial charge >= 0.3 is 0 Å². The van der Waals surface area contributed by atoms with Crippen LogP contribution in [-0.2, 0) is 6.54 Å². The first-order valence-corrected chi connectivity index (χ1v) is 5.39. The molecular weight excluding hydrogens is 191 g/mol. The monoisotopic (exact) mass is 210 g/mol. The average molecular weight is 210 g/mol. The highest BCUT2D eigenvalue weighted by Gasteiger charge is 2.05. The lowest BCUT2D eigenvalue weighted by atomic mass is 9.98. The topological polar surface area (TPSA) is 24.9 Å². The van der Waals surface area contributed by atoms with E-state index in [9.17, 15) is 4.39 Å². The first kappa shape index (κ1) is 12.1. The van der Waals surface area contributed by atoms with Crippen LogP contribution in [0.3, 0.4) is 0 Å². The molecule has 2 nitrogen and oxygen atoms in total. The SMILES string of the molecule is CC(C)C(C)CNCc1cncc(F)c1. The van der Waals surface area contributed by atoms with Crippen molar-refractivity contribution in [2.24, 2.45) is 11.8 Å². The maximum absolute atomic E-state index is 12.8. The van der Waals surface area contributed by atoms with Crippen molar-refractivity contribution in [3.63, 3.8) is 0 Å². The molecule has 1 N–H and O–H groups in total. The molecule has 0 spiro atoms. The third-order valence-electron chi connectivity index (χ3n) is 2.70. The van der Waals surface area contributed by atoms with Crippen LogP contribution in [0.2, 0.25) is 0 Å². The van der Waals surface area contributed by atoms with E-state index in [1.165, 1.54) is 12.3 Å². The standard InChI is InChI=1S/C12H19FN2/c1-9(2)10(3)5-14-6-11-4-12(13)8-15-7-11/h4,7-10,14H,5-6H2,1-3H3. The van der Waals surface area contributed by atoms with E-state index in [-0.39, 0.29) is 5.82 Å². The van der Waals surface area contributed by atoms with E-state index in [4.69, 9.17) is 0 Å². The molecule has 0 bridgehead atoms. The fourth-order valence-corrected chi connectivity index (χ4v) is 1.23. The summed E-state index contributed by atoms with van der Waals surface area (Å²) in [6.45, 7) is 8.25. The van der Waals surface area contributed by atoms with Gasteiger partial charge in [-0.1, -0.05) is 20.8 Å². The third-order valence-corrected chi connectivity index (χ3v) is 2.70. The van der Waals surface area contributed by atoms with Gasteiger partial charge in [-0.3, -0.25) is 4.98 Å². The molecule has 0 radical (unpaired) electrons. The predicted molar refractivity (Wildman–Crippen MR) is 59.9 cm³/mol. The van der Waals surface area contributed by atoms with Crippen molar-refractivity contribution in [2.75, 3.05) is 6.54 Å². The molecule has 0 fully saturated rings. The summed E-state index contributed by atoms with van der Waals surface area (Å²) in [5, 5.41) is 3.30. The van der Waals surface area contributed by atoms with Crippen molar-refractivity contribution in [3.8, 4) is 0 Å². The Kier molecular flexibility index (Phi) is 4.69. The van der Waals surface area contributed by atoms with E-state index in [0.717, 1.165) is 12.1 Å². The fraction of sp³-hybridized carbons (Fsp3) is 0.583. The summed E-state index contributed by atoms with van der Waals surface area (Å²) in [6.07, 6.45) is 2.91. The van der Waals surface area contributed by atoms with Crippen LogP contribution >= 0.6 is 0 Å². The Hall–Kier alpha value is -0.960. The van der Waals surface area contributed by atoms with Crippen molar-refractivity contribution < 1.29 is 4.39 Å². The van der Waals surface area contributed by atoms with Gasteiger partial charge in [0.05, 0.1) is 6.20 Å². The predicted octanol–water partition coefficient (Wildman–Crippen LogP) is 2.60. The van der Waals surface area contributed by atoms with Gasteiger partial charge in [0.25, 0.3) is 0 Å². The lowest BCUT2D eigenvalue weighted by Crippen LogP contribution is -2.23. The van der Waals surface area contributed by atoms with Gasteiger partial charge < -0.3 is 5.32 Å². The Bertz CT molecular complexity index is 299. The number of rotatable bonds is 5. The minimum absolute atomic E-state index is 0.272. The number of halogens is 1. The molecule has 84 valence electrons. The number of nitrogens with zero attached hydrogens (tertiary/aromatic N) is 1. The molecule has 0 aliphatic rings. The molecule has 3 heteroatoms. The van der Waals surface area contributed by atoms with Crippen LogP contribution < -0.4 is 5.32 Å². The highest BCUT2D eigenvalue weighted by molar-refractivity contribution is 5.09. The van der Waals surface area contributed by atoms with Gasteiger partial charge in [0.15, 0.2) is 0 Å². The Morgan fingerprint density at radius 1 is 1.33 bits per heavy atom. The first-order chi connectivity index (χ1) is 7.09. The molecule has 0 saturated heterocycles. The number of hydrogen-bond acceptors (Lipinski definition) is 2. The molecule has 15 heavy (non-hydrogen) atoms. The van der Waals surface area contributed by atoms with Crippen molar-refractivity contribution in [1.29, 1.82) is 0 Å². The van der Waals surface area contributed by atoms with Gasteiger partial charge in [-0.25, -0.2) is 4.39 Å². The molecule has 1 atom stereocenters. The fourth-order valence-electron chi connectivity index (χ4n) is 1.23. The van der Waals surface area contributed by atoms with Crippen LogP contribution in [0.4, 0.5) is 4.39 Å². The Morgan fingerprint density at radius 2 is 2.07 bits per heavy atom. The van der Waals surface area contributed by atoms with Crippen LogP contribution in [0.1, 0.15) is 26.3 Å². The maximum Gasteiger partial charge on any atom is 0.141 e. The summed E-state index contributed by atoms with van der Waals surface area (Å²) in [5.74, 6) is 1.03. The Labute approximate surface area is 90.9 Å². The zero-order valence-corrected chi connectivity index (χ0v) is 9.63. The van der Waals surface area contributed by atoms with Crippen molar-refractivity contribution in [2.45, 2.75) is 27.3 Å². The normalized spacial score (nSPS) is 13.1. The largest absolute Gasteiger partial charge is 0.312 e. The van der Waals surface area contributed by atoms with E-state index in [1.54, 1.807) is 6.20 Å². The second-order valence-corrected chi connectivity index (χ2v) is 4.36. The summed E-state index contributed by atoms with van der Waals surface area (Å²) in [6, 6.07) is 1.51. The molecule has 0 aliphatic heterocycles. The minimum Gasteiger partial charge on any atom is -0.312 e. The quantitative estimate of drug-likeness (QED) is 0.808. The molecular formula is C12H19FN2. The van der Waals surface area contributed by atoms with Crippen LogP contribution in [0.25, 0.3) is 0 Å². The third kappa shape index (κ3) is 4.38. The summed E-state index contributed by atoms with van der Waals surface area (Å²) < 4.78 is 12.8. The highest BCUT2D eigenvalue weighted by atomic mass is 19.1. The Morgan fingerprint density at radius 3 is 2.67 bits per heavy atom.